The van der Waals surface area contributed by atoms with Crippen LogP contribution < -0.4 is 10.1 Å². The molecule has 1 fully saturated rings. The van der Waals surface area contributed by atoms with E-state index in [-0.39, 0.29) is 27.6 Å². The number of hydrogen-bond acceptors (Lipinski definition) is 5. The van der Waals surface area contributed by atoms with E-state index in [2.05, 4.69) is 14.7 Å². The average Bonchev–Trinajstić information content (AvgIpc) is 2.90. The molecule has 1 N–H and O–H groups in total. The molecule has 8 heteroatoms. The molecule has 132 valence electrons. The quantitative estimate of drug-likeness (QED) is 0.790. The molecule has 0 bridgehead atoms. The molecule has 1 aliphatic carbocycles. The summed E-state index contributed by atoms with van der Waals surface area (Å²) in [6.07, 6.45) is 1.72. The Labute approximate surface area is 160 Å². The van der Waals surface area contributed by atoms with Crippen molar-refractivity contribution in [3.05, 3.63) is 34.8 Å². The maximum absolute atomic E-state index is 12.5. The van der Waals surface area contributed by atoms with Crippen molar-refractivity contribution < 1.29 is 9.53 Å². The highest BCUT2D eigenvalue weighted by Crippen LogP contribution is 2.60. The lowest BCUT2D eigenvalue weighted by atomic mass is 10.1. The largest absolute Gasteiger partial charge is 0.497 e. The second kappa shape index (κ2) is 6.94. The molecule has 1 saturated carbocycles. The van der Waals surface area contributed by atoms with Crippen LogP contribution in [0, 0.1) is 17.3 Å². The van der Waals surface area contributed by atoms with E-state index < -0.39 is 0 Å². The Morgan fingerprint density at radius 3 is 2.60 bits per heavy atom. The Bertz CT molecular complexity index is 814. The molecular formula is C17H17Cl2N3O2S. The zero-order chi connectivity index (χ0) is 18.2. The van der Waals surface area contributed by atoms with Crippen LogP contribution in [0.5, 0.6) is 5.75 Å². The number of carbonyl (C=O) groups is 1. The summed E-state index contributed by atoms with van der Waals surface area (Å²) in [5, 5.41) is 3.31. The maximum atomic E-state index is 12.5. The van der Waals surface area contributed by atoms with Gasteiger partial charge in [0.05, 0.1) is 13.0 Å². The number of carbonyl (C=O) groups excluding carboxylic acids is 1. The van der Waals surface area contributed by atoms with Crippen LogP contribution in [-0.2, 0) is 4.79 Å². The number of aromatic nitrogens is 2. The summed E-state index contributed by atoms with van der Waals surface area (Å²) in [7, 11) is 1.61. The van der Waals surface area contributed by atoms with Gasteiger partial charge in [-0.25, -0.2) is 0 Å². The van der Waals surface area contributed by atoms with Gasteiger partial charge in [-0.15, -0.1) is 0 Å². The summed E-state index contributed by atoms with van der Waals surface area (Å²) in [6.45, 7) is 4.02. The molecule has 1 aromatic heterocycles. The van der Waals surface area contributed by atoms with Gasteiger partial charge in [0.15, 0.2) is 5.82 Å². The highest BCUT2D eigenvalue weighted by molar-refractivity contribution is 7.10. The highest BCUT2D eigenvalue weighted by atomic mass is 35.5. The van der Waals surface area contributed by atoms with Crippen molar-refractivity contribution in [2.45, 2.75) is 13.8 Å². The van der Waals surface area contributed by atoms with Crippen LogP contribution in [0.15, 0.2) is 34.8 Å². The zero-order valence-electron chi connectivity index (χ0n) is 13.9. The summed E-state index contributed by atoms with van der Waals surface area (Å²) in [5.74, 6) is 1.07. The second-order valence-corrected chi connectivity index (χ2v) is 8.18. The lowest BCUT2D eigenvalue weighted by molar-refractivity contribution is -0.118. The van der Waals surface area contributed by atoms with Crippen molar-refractivity contribution in [2.75, 3.05) is 12.4 Å². The fourth-order valence-electron chi connectivity index (χ4n) is 2.94. The van der Waals surface area contributed by atoms with Crippen molar-refractivity contribution in [1.82, 2.24) is 9.36 Å². The van der Waals surface area contributed by atoms with Crippen LogP contribution in [-0.4, -0.2) is 22.4 Å². The molecule has 2 aromatic rings. The van der Waals surface area contributed by atoms with Crippen LogP contribution in [0.4, 0.5) is 5.13 Å². The summed E-state index contributed by atoms with van der Waals surface area (Å²) in [4.78, 5) is 16.9. The fraction of sp³-hybridized carbons (Fsp3) is 0.353. The van der Waals surface area contributed by atoms with Gasteiger partial charge in [-0.2, -0.15) is 9.36 Å². The summed E-state index contributed by atoms with van der Waals surface area (Å²) < 4.78 is 9.62. The number of anilines is 1. The molecule has 1 aromatic carbocycles. The molecule has 0 spiro atoms. The van der Waals surface area contributed by atoms with Gasteiger partial charge in [0, 0.05) is 17.1 Å². The van der Waals surface area contributed by atoms with Crippen molar-refractivity contribution >= 4 is 45.8 Å². The van der Waals surface area contributed by atoms with Gasteiger partial charge >= 0.3 is 0 Å². The van der Waals surface area contributed by atoms with Crippen molar-refractivity contribution in [3.63, 3.8) is 0 Å². The summed E-state index contributed by atoms with van der Waals surface area (Å²) in [6, 6.07) is 7.43. The van der Waals surface area contributed by atoms with E-state index in [9.17, 15) is 4.79 Å². The molecule has 0 radical (unpaired) electrons. The average molecular weight is 398 g/mol. The van der Waals surface area contributed by atoms with Gasteiger partial charge in [-0.1, -0.05) is 37.0 Å². The minimum absolute atomic E-state index is 0.0199. The van der Waals surface area contributed by atoms with Crippen molar-refractivity contribution in [3.8, 4) is 17.1 Å². The Morgan fingerprint density at radius 2 is 2.00 bits per heavy atom. The van der Waals surface area contributed by atoms with Crippen LogP contribution in [0.1, 0.15) is 13.8 Å². The number of benzene rings is 1. The molecule has 2 unspecified atom stereocenters. The minimum atomic E-state index is -0.187. The molecule has 25 heavy (non-hydrogen) atoms. The first-order valence-electron chi connectivity index (χ1n) is 7.64. The summed E-state index contributed by atoms with van der Waals surface area (Å²) >= 11 is 12.6. The Morgan fingerprint density at radius 1 is 1.32 bits per heavy atom. The standard InChI is InChI=1S/C17H17Cl2N3O2S/c1-17(2)11(8-12(18)19)13(17)15(23)21-16-20-14(22-25-16)9-4-6-10(24-3)7-5-9/h4-8,11,13H,1-3H3,(H,20,21,22,23). The SMILES string of the molecule is COc1ccc(-c2nsc(NC(=O)C3C(C=C(Cl)Cl)C3(C)C)n2)cc1. The Hall–Kier alpha value is -1.63. The predicted octanol–water partition coefficient (Wildman–Crippen LogP) is 4.74. The molecule has 5 nitrogen and oxygen atoms in total. The van der Waals surface area contributed by atoms with Gasteiger partial charge < -0.3 is 10.1 Å². The lowest BCUT2D eigenvalue weighted by Crippen LogP contribution is -2.16. The van der Waals surface area contributed by atoms with E-state index in [1.807, 2.05) is 38.1 Å². The highest BCUT2D eigenvalue weighted by Gasteiger charge is 2.60. The van der Waals surface area contributed by atoms with Crippen LogP contribution in [0.3, 0.4) is 0 Å². The van der Waals surface area contributed by atoms with Gasteiger partial charge in [0.25, 0.3) is 0 Å². The number of halogens is 2. The molecule has 2 atom stereocenters. The van der Waals surface area contributed by atoms with Gasteiger partial charge in [0.2, 0.25) is 11.0 Å². The smallest absolute Gasteiger partial charge is 0.230 e. The number of allylic oxidation sites excluding steroid dienone is 1. The Kier molecular flexibility index (Phi) is 5.04. The minimum Gasteiger partial charge on any atom is -0.497 e. The molecule has 1 heterocycles. The number of nitrogens with one attached hydrogen (secondary N) is 1. The summed E-state index contributed by atoms with van der Waals surface area (Å²) in [5.41, 5.74) is 0.682. The van der Waals surface area contributed by atoms with Crippen LogP contribution in [0.2, 0.25) is 0 Å². The number of rotatable bonds is 5. The number of methoxy groups -OCH3 is 1. The van der Waals surface area contributed by atoms with E-state index in [0.717, 1.165) is 22.8 Å². The Balaban J connectivity index is 1.69. The van der Waals surface area contributed by atoms with Crippen molar-refractivity contribution in [1.29, 1.82) is 0 Å². The first kappa shape index (κ1) is 18.2. The number of ether oxygens (including phenoxy) is 1. The number of amides is 1. The van der Waals surface area contributed by atoms with E-state index >= 15 is 0 Å². The van der Waals surface area contributed by atoms with E-state index in [0.29, 0.717) is 11.0 Å². The normalized spacial score (nSPS) is 20.7. The van der Waals surface area contributed by atoms with E-state index in [1.54, 1.807) is 13.2 Å². The fourth-order valence-corrected chi connectivity index (χ4v) is 3.80. The monoisotopic (exact) mass is 397 g/mol. The van der Waals surface area contributed by atoms with Gasteiger partial charge in [0.1, 0.15) is 10.2 Å². The predicted molar refractivity (Wildman–Crippen MR) is 101 cm³/mol. The third-order valence-electron chi connectivity index (χ3n) is 4.50. The van der Waals surface area contributed by atoms with Gasteiger partial charge in [-0.3, -0.25) is 4.79 Å². The zero-order valence-corrected chi connectivity index (χ0v) is 16.2. The first-order chi connectivity index (χ1) is 11.8. The topological polar surface area (TPSA) is 64.1 Å². The van der Waals surface area contributed by atoms with Crippen molar-refractivity contribution in [2.24, 2.45) is 17.3 Å². The number of hydrogen-bond donors (Lipinski definition) is 1. The molecular weight excluding hydrogens is 381 g/mol. The third kappa shape index (κ3) is 3.81. The first-order valence-corrected chi connectivity index (χ1v) is 9.17. The molecule has 0 aliphatic heterocycles. The molecule has 3 rings (SSSR count). The lowest BCUT2D eigenvalue weighted by Gasteiger charge is -2.02. The van der Waals surface area contributed by atoms with Crippen LogP contribution in [0.25, 0.3) is 11.4 Å². The molecule has 0 saturated heterocycles. The maximum Gasteiger partial charge on any atom is 0.230 e. The second-order valence-electron chi connectivity index (χ2n) is 6.42. The van der Waals surface area contributed by atoms with Gasteiger partial charge in [-0.05, 0) is 41.7 Å². The van der Waals surface area contributed by atoms with Crippen LogP contribution >= 0.6 is 34.7 Å². The molecule has 1 aliphatic rings. The van der Waals surface area contributed by atoms with E-state index in [1.165, 1.54) is 0 Å². The molecule has 1 amide bonds. The van der Waals surface area contributed by atoms with E-state index in [4.69, 9.17) is 27.9 Å². The third-order valence-corrected chi connectivity index (χ3v) is 5.39. The number of nitrogens with zero attached hydrogens (tertiary/aromatic N) is 2.